The summed E-state index contributed by atoms with van der Waals surface area (Å²) in [7, 11) is 0. The highest BCUT2D eigenvalue weighted by atomic mass is 79.9. The monoisotopic (exact) mass is 447 g/mol. The molecular formula is C20H22BrN3O4. The number of nitrogens with one attached hydrogen (secondary N) is 2. The fourth-order valence-electron chi connectivity index (χ4n) is 2.45. The first-order valence-corrected chi connectivity index (χ1v) is 9.60. The van der Waals surface area contributed by atoms with Gasteiger partial charge in [0.05, 0.1) is 5.56 Å². The molecule has 148 valence electrons. The van der Waals surface area contributed by atoms with Crippen LogP contribution in [0.3, 0.4) is 0 Å². The van der Waals surface area contributed by atoms with Crippen LogP contribution < -0.4 is 15.8 Å². The van der Waals surface area contributed by atoms with E-state index < -0.39 is 24.4 Å². The maximum absolute atomic E-state index is 12.1. The van der Waals surface area contributed by atoms with E-state index in [0.717, 1.165) is 23.2 Å². The van der Waals surface area contributed by atoms with Crippen LogP contribution in [0.25, 0.3) is 0 Å². The van der Waals surface area contributed by atoms with Gasteiger partial charge >= 0.3 is 5.97 Å². The second-order valence-electron chi connectivity index (χ2n) is 5.80. The zero-order valence-electron chi connectivity index (χ0n) is 15.7. The Bertz CT molecular complexity index is 818. The summed E-state index contributed by atoms with van der Waals surface area (Å²) >= 11 is 3.27. The number of hydrogen-bond acceptors (Lipinski definition) is 5. The van der Waals surface area contributed by atoms with Crippen molar-refractivity contribution in [2.75, 3.05) is 24.6 Å². The smallest absolute Gasteiger partial charge is 0.338 e. The molecule has 0 bridgehead atoms. The van der Waals surface area contributed by atoms with Gasteiger partial charge in [0.15, 0.2) is 6.61 Å². The van der Waals surface area contributed by atoms with Crippen LogP contribution in [0.4, 0.5) is 5.69 Å². The molecule has 0 spiro atoms. The number of hydrazine groups is 1. The average Bonchev–Trinajstić information content (AvgIpc) is 2.72. The SMILES string of the molecule is CCN(CC)c1ccc(C(=O)NNC(=O)COC(=O)c2ccc(Br)cc2)cc1. The molecule has 0 aliphatic carbocycles. The summed E-state index contributed by atoms with van der Waals surface area (Å²) in [4.78, 5) is 37.9. The molecule has 2 aromatic rings. The predicted octanol–water partition coefficient (Wildman–Crippen LogP) is 2.91. The average molecular weight is 448 g/mol. The molecule has 0 saturated heterocycles. The summed E-state index contributed by atoms with van der Waals surface area (Å²) in [6.45, 7) is 5.36. The fraction of sp³-hybridized carbons (Fsp3) is 0.250. The fourth-order valence-corrected chi connectivity index (χ4v) is 2.71. The number of ether oxygens (including phenoxy) is 1. The first-order valence-electron chi connectivity index (χ1n) is 8.81. The van der Waals surface area contributed by atoms with Crippen molar-refractivity contribution in [2.24, 2.45) is 0 Å². The maximum atomic E-state index is 12.1. The third-order valence-electron chi connectivity index (χ3n) is 3.99. The number of carbonyl (C=O) groups excluding carboxylic acids is 3. The first kappa shape index (κ1) is 21.4. The molecular weight excluding hydrogens is 426 g/mol. The minimum Gasteiger partial charge on any atom is -0.452 e. The molecule has 8 heteroatoms. The summed E-state index contributed by atoms with van der Waals surface area (Å²) in [5, 5.41) is 0. The molecule has 0 radical (unpaired) electrons. The van der Waals surface area contributed by atoms with Crippen molar-refractivity contribution in [3.8, 4) is 0 Å². The second-order valence-corrected chi connectivity index (χ2v) is 6.72. The van der Waals surface area contributed by atoms with Crippen molar-refractivity contribution >= 4 is 39.4 Å². The summed E-state index contributed by atoms with van der Waals surface area (Å²) in [5.41, 5.74) is 6.27. The zero-order valence-corrected chi connectivity index (χ0v) is 17.3. The topological polar surface area (TPSA) is 87.7 Å². The molecule has 0 aliphatic rings. The van der Waals surface area contributed by atoms with E-state index in [-0.39, 0.29) is 0 Å². The Hall–Kier alpha value is -2.87. The van der Waals surface area contributed by atoms with Crippen molar-refractivity contribution in [1.82, 2.24) is 10.9 Å². The highest BCUT2D eigenvalue weighted by Gasteiger charge is 2.12. The summed E-state index contributed by atoms with van der Waals surface area (Å²) in [5.74, 6) is -1.72. The third kappa shape index (κ3) is 6.09. The van der Waals surface area contributed by atoms with Gasteiger partial charge in [0.2, 0.25) is 0 Å². The second kappa shape index (κ2) is 10.5. The highest BCUT2D eigenvalue weighted by Crippen LogP contribution is 2.14. The molecule has 0 saturated carbocycles. The lowest BCUT2D eigenvalue weighted by Crippen LogP contribution is -2.43. The Labute approximate surface area is 172 Å². The Balaban J connectivity index is 1.79. The van der Waals surface area contributed by atoms with E-state index in [1.54, 1.807) is 36.4 Å². The van der Waals surface area contributed by atoms with Crippen LogP contribution in [0.1, 0.15) is 34.6 Å². The Morgan fingerprint density at radius 1 is 0.893 bits per heavy atom. The van der Waals surface area contributed by atoms with E-state index in [4.69, 9.17) is 4.74 Å². The Morgan fingerprint density at radius 3 is 2.04 bits per heavy atom. The molecule has 28 heavy (non-hydrogen) atoms. The largest absolute Gasteiger partial charge is 0.452 e. The third-order valence-corrected chi connectivity index (χ3v) is 4.52. The van der Waals surface area contributed by atoms with Gasteiger partial charge < -0.3 is 9.64 Å². The summed E-state index contributed by atoms with van der Waals surface area (Å²) < 4.78 is 5.74. The summed E-state index contributed by atoms with van der Waals surface area (Å²) in [6.07, 6.45) is 0. The van der Waals surface area contributed by atoms with Gasteiger partial charge in [0, 0.05) is 28.8 Å². The van der Waals surface area contributed by atoms with Gasteiger partial charge in [-0.25, -0.2) is 4.79 Å². The standard InChI is InChI=1S/C20H22BrN3O4/c1-3-24(4-2)17-11-7-14(8-12-17)19(26)23-22-18(25)13-28-20(27)15-5-9-16(21)10-6-15/h5-12H,3-4,13H2,1-2H3,(H,22,25)(H,23,26). The Morgan fingerprint density at radius 2 is 1.46 bits per heavy atom. The lowest BCUT2D eigenvalue weighted by atomic mass is 10.2. The van der Waals surface area contributed by atoms with E-state index in [9.17, 15) is 14.4 Å². The van der Waals surface area contributed by atoms with Crippen molar-refractivity contribution in [3.05, 3.63) is 64.1 Å². The van der Waals surface area contributed by atoms with Crippen molar-refractivity contribution in [2.45, 2.75) is 13.8 Å². The number of benzene rings is 2. The van der Waals surface area contributed by atoms with Crippen LogP contribution in [0.5, 0.6) is 0 Å². The number of rotatable bonds is 7. The molecule has 0 heterocycles. The van der Waals surface area contributed by atoms with Crippen LogP contribution in [0.2, 0.25) is 0 Å². The van der Waals surface area contributed by atoms with Crippen LogP contribution in [-0.4, -0.2) is 37.5 Å². The number of halogens is 1. The predicted molar refractivity (Wildman–Crippen MR) is 110 cm³/mol. The Kier molecular flexibility index (Phi) is 8.01. The normalized spacial score (nSPS) is 10.1. The minimum absolute atomic E-state index is 0.327. The number of hydrogen-bond donors (Lipinski definition) is 2. The van der Waals surface area contributed by atoms with Crippen LogP contribution in [0, 0.1) is 0 Å². The molecule has 2 rings (SSSR count). The van der Waals surface area contributed by atoms with Crippen LogP contribution in [-0.2, 0) is 9.53 Å². The number of nitrogens with zero attached hydrogens (tertiary/aromatic N) is 1. The lowest BCUT2D eigenvalue weighted by Gasteiger charge is -2.21. The molecule has 0 unspecified atom stereocenters. The molecule has 0 aliphatic heterocycles. The van der Waals surface area contributed by atoms with E-state index in [2.05, 4.69) is 45.5 Å². The van der Waals surface area contributed by atoms with E-state index in [1.807, 2.05) is 12.1 Å². The lowest BCUT2D eigenvalue weighted by molar-refractivity contribution is -0.125. The van der Waals surface area contributed by atoms with Gasteiger partial charge in [-0.15, -0.1) is 0 Å². The van der Waals surface area contributed by atoms with Gasteiger partial charge in [-0.1, -0.05) is 15.9 Å². The van der Waals surface area contributed by atoms with Crippen molar-refractivity contribution in [3.63, 3.8) is 0 Å². The van der Waals surface area contributed by atoms with E-state index in [0.29, 0.717) is 11.1 Å². The molecule has 2 amide bonds. The van der Waals surface area contributed by atoms with Gasteiger partial charge in [0.1, 0.15) is 0 Å². The summed E-state index contributed by atoms with van der Waals surface area (Å²) in [6, 6.07) is 13.6. The van der Waals surface area contributed by atoms with Gasteiger partial charge in [-0.05, 0) is 62.4 Å². The first-order chi connectivity index (χ1) is 13.4. The quantitative estimate of drug-likeness (QED) is 0.503. The van der Waals surface area contributed by atoms with Crippen LogP contribution >= 0.6 is 15.9 Å². The van der Waals surface area contributed by atoms with Crippen molar-refractivity contribution < 1.29 is 19.1 Å². The molecule has 0 fully saturated rings. The molecule has 7 nitrogen and oxygen atoms in total. The molecule has 0 atom stereocenters. The molecule has 0 aromatic heterocycles. The van der Waals surface area contributed by atoms with Crippen LogP contribution in [0.15, 0.2) is 53.0 Å². The van der Waals surface area contributed by atoms with Gasteiger partial charge in [-0.2, -0.15) is 0 Å². The number of esters is 1. The van der Waals surface area contributed by atoms with Gasteiger partial charge in [0.25, 0.3) is 11.8 Å². The van der Waals surface area contributed by atoms with E-state index >= 15 is 0 Å². The van der Waals surface area contributed by atoms with Gasteiger partial charge in [-0.3, -0.25) is 20.4 Å². The molecule has 2 aromatic carbocycles. The zero-order chi connectivity index (χ0) is 20.5. The highest BCUT2D eigenvalue weighted by molar-refractivity contribution is 9.10. The van der Waals surface area contributed by atoms with Crippen molar-refractivity contribution in [1.29, 1.82) is 0 Å². The number of amides is 2. The molecule has 2 N–H and O–H groups in total. The number of anilines is 1. The maximum Gasteiger partial charge on any atom is 0.338 e. The number of carbonyl (C=O) groups is 3. The minimum atomic E-state index is -0.640. The van der Waals surface area contributed by atoms with E-state index in [1.165, 1.54) is 0 Å².